The first-order chi connectivity index (χ1) is 13.2. The fourth-order valence-electron chi connectivity index (χ4n) is 3.10. The minimum absolute atomic E-state index is 0.0700. The number of thiazole rings is 1. The number of halogens is 1. The monoisotopic (exact) mass is 400 g/mol. The van der Waals surface area contributed by atoms with Gasteiger partial charge in [0.1, 0.15) is 11.5 Å². The van der Waals surface area contributed by atoms with Gasteiger partial charge in [-0.2, -0.15) is 0 Å². The summed E-state index contributed by atoms with van der Waals surface area (Å²) in [5.41, 5.74) is 2.54. The molecule has 0 radical (unpaired) electrons. The third kappa shape index (κ3) is 3.63. The molecule has 1 N–H and O–H groups in total. The fourth-order valence-corrected chi connectivity index (χ4v) is 4.08. The van der Waals surface area contributed by atoms with Crippen molar-refractivity contribution in [3.63, 3.8) is 0 Å². The highest BCUT2D eigenvalue weighted by atomic mass is 35.5. The number of carbonyl (C=O) groups excluding carboxylic acids is 1. The topological polar surface area (TPSA) is 60.5 Å². The number of fused-ring (bicyclic) bond motifs is 1. The molecule has 0 bridgehead atoms. The lowest BCUT2D eigenvalue weighted by Crippen LogP contribution is -2.26. The van der Waals surface area contributed by atoms with Gasteiger partial charge in [-0.15, -0.1) is 11.3 Å². The number of nitrogens with one attached hydrogen (secondary N) is 1. The molecule has 0 saturated carbocycles. The van der Waals surface area contributed by atoms with E-state index in [1.54, 1.807) is 19.2 Å². The van der Waals surface area contributed by atoms with Crippen molar-refractivity contribution in [3.05, 3.63) is 58.4 Å². The lowest BCUT2D eigenvalue weighted by atomic mass is 9.92. The van der Waals surface area contributed by atoms with Crippen molar-refractivity contribution in [3.8, 4) is 22.8 Å². The zero-order chi connectivity index (χ0) is 18.8. The Hall–Kier alpha value is -2.57. The summed E-state index contributed by atoms with van der Waals surface area (Å²) in [6, 6.07) is 13.1. The van der Waals surface area contributed by atoms with Crippen LogP contribution in [-0.4, -0.2) is 24.6 Å². The fraction of sp³-hybridized carbons (Fsp3) is 0.200. The van der Waals surface area contributed by atoms with E-state index >= 15 is 0 Å². The number of para-hydroxylation sites is 1. The van der Waals surface area contributed by atoms with Crippen LogP contribution in [0.3, 0.4) is 0 Å². The number of hydrogen-bond donors (Lipinski definition) is 1. The molecule has 1 unspecified atom stereocenters. The van der Waals surface area contributed by atoms with E-state index in [0.717, 1.165) is 22.6 Å². The smallest absolute Gasteiger partial charge is 0.233 e. The Morgan fingerprint density at radius 3 is 3.00 bits per heavy atom. The molecule has 3 aromatic rings. The molecule has 5 nitrogen and oxygen atoms in total. The normalized spacial score (nSPS) is 15.6. The standard InChI is InChI=1S/C20H17ClN2O3S/c1-25-18-7-6-12(10-15(18)21)16-11-27-20(22-16)23-19(24)14-8-9-26-17-5-3-2-4-13(14)17/h2-7,10-11,14H,8-9H2,1H3,(H,22,23,24). The van der Waals surface area contributed by atoms with E-state index in [1.807, 2.05) is 35.7 Å². The van der Waals surface area contributed by atoms with E-state index in [9.17, 15) is 4.79 Å². The Balaban J connectivity index is 1.52. The Bertz CT molecular complexity index is 989. The highest BCUT2D eigenvalue weighted by Gasteiger charge is 2.28. The zero-order valence-electron chi connectivity index (χ0n) is 14.6. The summed E-state index contributed by atoms with van der Waals surface area (Å²) in [4.78, 5) is 17.3. The Morgan fingerprint density at radius 2 is 2.19 bits per heavy atom. The van der Waals surface area contributed by atoms with Gasteiger partial charge >= 0.3 is 0 Å². The van der Waals surface area contributed by atoms with Gasteiger partial charge in [-0.25, -0.2) is 4.98 Å². The average molecular weight is 401 g/mol. The van der Waals surface area contributed by atoms with E-state index in [-0.39, 0.29) is 11.8 Å². The molecule has 2 aromatic carbocycles. The second-order valence-electron chi connectivity index (χ2n) is 6.10. The Kier molecular flexibility index (Phi) is 5.01. The maximum Gasteiger partial charge on any atom is 0.233 e. The number of methoxy groups -OCH3 is 1. The maximum absolute atomic E-state index is 12.8. The zero-order valence-corrected chi connectivity index (χ0v) is 16.1. The second kappa shape index (κ2) is 7.58. The van der Waals surface area contributed by atoms with Crippen molar-refractivity contribution in [1.29, 1.82) is 0 Å². The Morgan fingerprint density at radius 1 is 1.33 bits per heavy atom. The molecule has 0 spiro atoms. The van der Waals surface area contributed by atoms with Crippen molar-refractivity contribution >= 4 is 34.0 Å². The number of rotatable bonds is 4. The van der Waals surface area contributed by atoms with E-state index in [4.69, 9.17) is 21.1 Å². The largest absolute Gasteiger partial charge is 0.495 e. The van der Waals surface area contributed by atoms with Crippen LogP contribution in [0.2, 0.25) is 5.02 Å². The van der Waals surface area contributed by atoms with Gasteiger partial charge in [0.05, 0.1) is 30.4 Å². The van der Waals surface area contributed by atoms with E-state index in [1.165, 1.54) is 11.3 Å². The number of hydrogen-bond acceptors (Lipinski definition) is 5. The summed E-state index contributed by atoms with van der Waals surface area (Å²) >= 11 is 7.57. The number of carbonyl (C=O) groups is 1. The number of nitrogens with zero attached hydrogens (tertiary/aromatic N) is 1. The van der Waals surface area contributed by atoms with E-state index in [0.29, 0.717) is 28.9 Å². The third-order valence-corrected chi connectivity index (χ3v) is 5.51. The number of amides is 1. The van der Waals surface area contributed by atoms with Crippen LogP contribution >= 0.6 is 22.9 Å². The van der Waals surface area contributed by atoms with Crippen LogP contribution in [0.15, 0.2) is 47.8 Å². The minimum Gasteiger partial charge on any atom is -0.495 e. The summed E-state index contributed by atoms with van der Waals surface area (Å²) in [6.45, 7) is 0.530. The molecule has 1 atom stereocenters. The molecule has 27 heavy (non-hydrogen) atoms. The highest BCUT2D eigenvalue weighted by molar-refractivity contribution is 7.14. The lowest BCUT2D eigenvalue weighted by molar-refractivity contribution is -0.118. The molecule has 1 aliphatic rings. The van der Waals surface area contributed by atoms with Crippen LogP contribution in [0.5, 0.6) is 11.5 Å². The molecular formula is C20H17ClN2O3S. The van der Waals surface area contributed by atoms with Gasteiger partial charge in [0.15, 0.2) is 5.13 Å². The molecule has 1 aliphatic heterocycles. The van der Waals surface area contributed by atoms with Crippen molar-refractivity contribution < 1.29 is 14.3 Å². The number of benzene rings is 2. The maximum atomic E-state index is 12.8. The van der Waals surface area contributed by atoms with Crippen LogP contribution in [0.1, 0.15) is 17.9 Å². The third-order valence-electron chi connectivity index (χ3n) is 4.46. The molecule has 0 aliphatic carbocycles. The molecule has 1 aromatic heterocycles. The first-order valence-corrected chi connectivity index (χ1v) is 9.73. The molecule has 4 rings (SSSR count). The van der Waals surface area contributed by atoms with Crippen LogP contribution in [-0.2, 0) is 4.79 Å². The molecule has 0 saturated heterocycles. The molecule has 138 valence electrons. The van der Waals surface area contributed by atoms with Gasteiger partial charge in [0.2, 0.25) is 5.91 Å². The van der Waals surface area contributed by atoms with Gasteiger partial charge in [-0.3, -0.25) is 4.79 Å². The van der Waals surface area contributed by atoms with Gasteiger partial charge < -0.3 is 14.8 Å². The van der Waals surface area contributed by atoms with E-state index in [2.05, 4.69) is 10.3 Å². The first-order valence-electron chi connectivity index (χ1n) is 8.47. The van der Waals surface area contributed by atoms with Crippen LogP contribution < -0.4 is 14.8 Å². The lowest BCUT2D eigenvalue weighted by Gasteiger charge is -2.24. The summed E-state index contributed by atoms with van der Waals surface area (Å²) < 4.78 is 10.8. The van der Waals surface area contributed by atoms with Crippen molar-refractivity contribution in [2.45, 2.75) is 12.3 Å². The van der Waals surface area contributed by atoms with Crippen LogP contribution in [0.25, 0.3) is 11.3 Å². The number of aromatic nitrogens is 1. The summed E-state index contributed by atoms with van der Waals surface area (Å²) in [5, 5.41) is 5.91. The van der Waals surface area contributed by atoms with Crippen molar-refractivity contribution in [2.75, 3.05) is 19.0 Å². The minimum atomic E-state index is -0.238. The van der Waals surface area contributed by atoms with Gasteiger partial charge in [-0.05, 0) is 30.7 Å². The predicted molar refractivity (Wildman–Crippen MR) is 107 cm³/mol. The first kappa shape index (κ1) is 17.8. The molecule has 2 heterocycles. The number of ether oxygens (including phenoxy) is 2. The molecular weight excluding hydrogens is 384 g/mol. The van der Waals surface area contributed by atoms with Crippen LogP contribution in [0, 0.1) is 0 Å². The summed E-state index contributed by atoms with van der Waals surface area (Å²) in [7, 11) is 1.58. The SMILES string of the molecule is COc1ccc(-c2csc(NC(=O)C3CCOc4ccccc43)n2)cc1Cl. The average Bonchev–Trinajstić information content (AvgIpc) is 3.16. The second-order valence-corrected chi connectivity index (χ2v) is 7.37. The summed E-state index contributed by atoms with van der Waals surface area (Å²) in [6.07, 6.45) is 0.648. The molecule has 1 amide bonds. The van der Waals surface area contributed by atoms with Gasteiger partial charge in [0.25, 0.3) is 0 Å². The number of anilines is 1. The molecule has 0 fully saturated rings. The van der Waals surface area contributed by atoms with E-state index < -0.39 is 0 Å². The van der Waals surface area contributed by atoms with Crippen LogP contribution in [0.4, 0.5) is 5.13 Å². The van der Waals surface area contributed by atoms with Gasteiger partial charge in [-0.1, -0.05) is 29.8 Å². The quantitative estimate of drug-likeness (QED) is 0.671. The predicted octanol–water partition coefficient (Wildman–Crippen LogP) is 4.98. The molecule has 7 heteroatoms. The Labute approximate surface area is 165 Å². The summed E-state index contributed by atoms with van der Waals surface area (Å²) in [5.74, 6) is 1.08. The van der Waals surface area contributed by atoms with Gasteiger partial charge in [0, 0.05) is 16.5 Å². The van der Waals surface area contributed by atoms with Crippen molar-refractivity contribution in [2.24, 2.45) is 0 Å². The van der Waals surface area contributed by atoms with Crippen molar-refractivity contribution in [1.82, 2.24) is 4.98 Å². The highest BCUT2D eigenvalue weighted by Crippen LogP contribution is 2.35.